The molecule has 0 aliphatic carbocycles. The van der Waals surface area contributed by atoms with Crippen molar-refractivity contribution < 1.29 is 13.2 Å². The van der Waals surface area contributed by atoms with Gasteiger partial charge in [0.25, 0.3) is 10.0 Å². The summed E-state index contributed by atoms with van der Waals surface area (Å²) in [5.74, 6) is 0.0868. The van der Waals surface area contributed by atoms with Crippen LogP contribution in [0.25, 0.3) is 0 Å². The predicted octanol–water partition coefficient (Wildman–Crippen LogP) is 2.67. The zero-order valence-electron chi connectivity index (χ0n) is 13.0. The molecule has 2 heterocycles. The van der Waals surface area contributed by atoms with Crippen molar-refractivity contribution in [2.45, 2.75) is 31.4 Å². The van der Waals surface area contributed by atoms with Crippen LogP contribution >= 0.6 is 22.9 Å². The van der Waals surface area contributed by atoms with Crippen LogP contribution in [0.1, 0.15) is 27.2 Å². The van der Waals surface area contributed by atoms with Gasteiger partial charge in [0.1, 0.15) is 4.21 Å². The molecule has 0 saturated carbocycles. The largest absolute Gasteiger partial charge is 0.340 e. The van der Waals surface area contributed by atoms with E-state index in [9.17, 15) is 13.2 Å². The third kappa shape index (κ3) is 4.22. The van der Waals surface area contributed by atoms with E-state index in [4.69, 9.17) is 11.6 Å². The van der Waals surface area contributed by atoms with Gasteiger partial charge in [-0.25, -0.2) is 8.42 Å². The van der Waals surface area contributed by atoms with Crippen LogP contribution in [0.5, 0.6) is 0 Å². The summed E-state index contributed by atoms with van der Waals surface area (Å²) in [5, 5.41) is 0. The van der Waals surface area contributed by atoms with E-state index in [2.05, 4.69) is 0 Å². The molecule has 0 unspecified atom stereocenters. The van der Waals surface area contributed by atoms with Crippen LogP contribution in [0.4, 0.5) is 0 Å². The normalized spacial score (nSPS) is 17.7. The lowest BCUT2D eigenvalue weighted by atomic mass is 9.91. The molecule has 0 aromatic carbocycles. The lowest BCUT2D eigenvalue weighted by Gasteiger charge is -2.35. The fourth-order valence-corrected chi connectivity index (χ4v) is 5.37. The molecule has 8 heteroatoms. The van der Waals surface area contributed by atoms with Gasteiger partial charge in [0.2, 0.25) is 5.91 Å². The van der Waals surface area contributed by atoms with Crippen LogP contribution in [0.2, 0.25) is 4.34 Å². The minimum atomic E-state index is -3.50. The van der Waals surface area contributed by atoms with Crippen molar-refractivity contribution in [3.8, 4) is 0 Å². The summed E-state index contributed by atoms with van der Waals surface area (Å²) in [7, 11) is -3.50. The fourth-order valence-electron chi connectivity index (χ4n) is 2.31. The monoisotopic (exact) mass is 364 g/mol. The first-order valence-electron chi connectivity index (χ1n) is 7.13. The van der Waals surface area contributed by atoms with Crippen molar-refractivity contribution in [2.75, 3.05) is 26.2 Å². The minimum Gasteiger partial charge on any atom is -0.340 e. The number of amides is 1. The average Bonchev–Trinajstić information content (AvgIpc) is 2.84. The number of sulfonamides is 1. The van der Waals surface area contributed by atoms with Gasteiger partial charge in [-0.2, -0.15) is 4.31 Å². The molecule has 1 aliphatic heterocycles. The van der Waals surface area contributed by atoms with Gasteiger partial charge in [-0.3, -0.25) is 4.79 Å². The molecule has 0 bridgehead atoms. The van der Waals surface area contributed by atoms with E-state index in [0.717, 1.165) is 11.3 Å². The zero-order chi connectivity index (χ0) is 16.5. The maximum absolute atomic E-state index is 12.5. The molecular formula is C14H21ClN2O3S2. The number of hydrogen-bond donors (Lipinski definition) is 0. The van der Waals surface area contributed by atoms with Gasteiger partial charge < -0.3 is 4.90 Å². The molecule has 1 saturated heterocycles. The Labute approximate surface area is 140 Å². The van der Waals surface area contributed by atoms with Crippen LogP contribution in [0, 0.1) is 5.41 Å². The first kappa shape index (κ1) is 17.7. The van der Waals surface area contributed by atoms with E-state index in [1.54, 1.807) is 11.0 Å². The van der Waals surface area contributed by atoms with Crippen molar-refractivity contribution in [3.05, 3.63) is 16.5 Å². The lowest BCUT2D eigenvalue weighted by Crippen LogP contribution is -2.50. The molecule has 0 spiro atoms. The summed E-state index contributed by atoms with van der Waals surface area (Å²) < 4.78 is 27.1. The molecule has 124 valence electrons. The van der Waals surface area contributed by atoms with Gasteiger partial charge in [-0.05, 0) is 17.5 Å². The molecule has 0 atom stereocenters. The molecular weight excluding hydrogens is 344 g/mol. The average molecular weight is 365 g/mol. The molecule has 1 aromatic heterocycles. The van der Waals surface area contributed by atoms with E-state index in [0.29, 0.717) is 36.9 Å². The molecule has 1 amide bonds. The van der Waals surface area contributed by atoms with E-state index < -0.39 is 10.0 Å². The van der Waals surface area contributed by atoms with E-state index >= 15 is 0 Å². The highest BCUT2D eigenvalue weighted by Crippen LogP contribution is 2.29. The van der Waals surface area contributed by atoms with Crippen LogP contribution in [-0.2, 0) is 14.8 Å². The third-order valence-electron chi connectivity index (χ3n) is 3.42. The SMILES string of the molecule is CC(C)(C)CC(=O)N1CCN(S(=O)(=O)c2ccc(Cl)s2)CC1. The van der Waals surface area contributed by atoms with Crippen LogP contribution < -0.4 is 0 Å². The molecule has 0 N–H and O–H groups in total. The minimum absolute atomic E-state index is 0.0615. The molecule has 5 nitrogen and oxygen atoms in total. The van der Waals surface area contributed by atoms with Gasteiger partial charge in [-0.1, -0.05) is 32.4 Å². The number of rotatable bonds is 3. The topological polar surface area (TPSA) is 57.7 Å². The second-order valence-electron chi connectivity index (χ2n) is 6.58. The van der Waals surface area contributed by atoms with Crippen molar-refractivity contribution in [1.29, 1.82) is 0 Å². The maximum Gasteiger partial charge on any atom is 0.252 e. The van der Waals surface area contributed by atoms with Gasteiger partial charge in [0.05, 0.1) is 4.34 Å². The first-order valence-corrected chi connectivity index (χ1v) is 9.76. The molecule has 1 fully saturated rings. The van der Waals surface area contributed by atoms with Crippen LogP contribution in [0.15, 0.2) is 16.3 Å². The number of carbonyl (C=O) groups excluding carboxylic acids is 1. The number of halogens is 1. The fraction of sp³-hybridized carbons (Fsp3) is 0.643. The Morgan fingerprint density at radius 1 is 1.23 bits per heavy atom. The summed E-state index contributed by atoms with van der Waals surface area (Å²) in [6.07, 6.45) is 0.473. The van der Waals surface area contributed by atoms with Crippen molar-refractivity contribution in [2.24, 2.45) is 5.41 Å². The number of thiophene rings is 1. The quantitative estimate of drug-likeness (QED) is 0.828. The van der Waals surface area contributed by atoms with Crippen molar-refractivity contribution >= 4 is 38.9 Å². The number of hydrogen-bond acceptors (Lipinski definition) is 4. The Kier molecular flexibility index (Phi) is 5.21. The number of carbonyl (C=O) groups is 1. The van der Waals surface area contributed by atoms with E-state index in [-0.39, 0.29) is 15.5 Å². The second kappa shape index (κ2) is 6.47. The molecule has 1 aromatic rings. The van der Waals surface area contributed by atoms with Crippen LogP contribution in [-0.4, -0.2) is 49.7 Å². The van der Waals surface area contributed by atoms with Gasteiger partial charge in [0.15, 0.2) is 0 Å². The Morgan fingerprint density at radius 2 is 1.82 bits per heavy atom. The second-order valence-corrected chi connectivity index (χ2v) is 10.5. The van der Waals surface area contributed by atoms with Crippen LogP contribution in [0.3, 0.4) is 0 Å². The standard InChI is InChI=1S/C14H21ClN2O3S2/c1-14(2,3)10-12(18)16-6-8-17(9-7-16)22(19,20)13-5-4-11(15)21-13/h4-5H,6-10H2,1-3H3. The summed E-state index contributed by atoms with van der Waals surface area (Å²) in [6, 6.07) is 3.11. The Hall–Kier alpha value is -0.630. The Balaban J connectivity index is 1.99. The van der Waals surface area contributed by atoms with E-state index in [1.807, 2.05) is 20.8 Å². The summed E-state index contributed by atoms with van der Waals surface area (Å²) >= 11 is 6.87. The molecule has 22 heavy (non-hydrogen) atoms. The number of piperazine rings is 1. The molecule has 1 aliphatic rings. The highest BCUT2D eigenvalue weighted by molar-refractivity contribution is 7.91. The van der Waals surface area contributed by atoms with Crippen molar-refractivity contribution in [1.82, 2.24) is 9.21 Å². The Bertz CT molecular complexity index is 641. The summed E-state index contributed by atoms with van der Waals surface area (Å²) in [5.41, 5.74) is -0.0615. The summed E-state index contributed by atoms with van der Waals surface area (Å²) in [4.78, 5) is 13.9. The summed E-state index contributed by atoms with van der Waals surface area (Å²) in [6.45, 7) is 7.59. The highest BCUT2D eigenvalue weighted by atomic mass is 35.5. The first-order chi connectivity index (χ1) is 10.1. The predicted molar refractivity (Wildman–Crippen MR) is 88.7 cm³/mol. The third-order valence-corrected chi connectivity index (χ3v) is 7.01. The van der Waals surface area contributed by atoms with Gasteiger partial charge in [-0.15, -0.1) is 11.3 Å². The highest BCUT2D eigenvalue weighted by Gasteiger charge is 2.31. The van der Waals surface area contributed by atoms with E-state index in [1.165, 1.54) is 10.4 Å². The molecule has 2 rings (SSSR count). The number of nitrogens with zero attached hydrogens (tertiary/aromatic N) is 2. The zero-order valence-corrected chi connectivity index (χ0v) is 15.4. The smallest absolute Gasteiger partial charge is 0.252 e. The maximum atomic E-state index is 12.5. The van der Waals surface area contributed by atoms with Crippen molar-refractivity contribution in [3.63, 3.8) is 0 Å². The lowest BCUT2D eigenvalue weighted by molar-refractivity contribution is -0.134. The van der Waals surface area contributed by atoms with Gasteiger partial charge >= 0.3 is 0 Å². The molecule has 0 radical (unpaired) electrons. The Morgan fingerprint density at radius 3 is 2.27 bits per heavy atom. The van der Waals surface area contributed by atoms with Gasteiger partial charge in [0, 0.05) is 32.6 Å².